The molecule has 0 fully saturated rings. The van der Waals surface area contributed by atoms with Crippen molar-refractivity contribution < 1.29 is 4.39 Å². The van der Waals surface area contributed by atoms with Crippen molar-refractivity contribution in [3.05, 3.63) is 77.9 Å². The Morgan fingerprint density at radius 1 is 0.826 bits per heavy atom. The summed E-state index contributed by atoms with van der Waals surface area (Å²) in [5.74, 6) is 0.503. The first-order valence-corrected chi connectivity index (χ1v) is 7.69. The molecule has 3 nitrogen and oxygen atoms in total. The maximum absolute atomic E-state index is 13.0. The molecule has 0 bridgehead atoms. The normalized spacial score (nSPS) is 13.7. The minimum atomic E-state index is -0.238. The second-order valence-electron chi connectivity index (χ2n) is 5.72. The van der Waals surface area contributed by atoms with Crippen LogP contribution in [0.25, 0.3) is 11.1 Å². The van der Waals surface area contributed by atoms with Crippen LogP contribution in [0.1, 0.15) is 11.1 Å². The predicted molar refractivity (Wildman–Crippen MR) is 88.6 cm³/mol. The zero-order chi connectivity index (χ0) is 15.6. The molecular formula is C19H16FN3. The Bertz CT molecular complexity index is 813. The minimum absolute atomic E-state index is 0.238. The molecule has 23 heavy (non-hydrogen) atoms. The van der Waals surface area contributed by atoms with E-state index in [4.69, 9.17) is 0 Å². The first kappa shape index (κ1) is 13.9. The lowest BCUT2D eigenvalue weighted by Crippen LogP contribution is -2.31. The number of anilines is 1. The third kappa shape index (κ3) is 2.80. The van der Waals surface area contributed by atoms with Crippen LogP contribution in [-0.2, 0) is 13.0 Å². The van der Waals surface area contributed by atoms with E-state index in [0.717, 1.165) is 36.6 Å². The van der Waals surface area contributed by atoms with Crippen LogP contribution in [0.15, 0.2) is 60.9 Å². The van der Waals surface area contributed by atoms with Crippen LogP contribution in [0.3, 0.4) is 0 Å². The zero-order valence-corrected chi connectivity index (χ0v) is 12.6. The molecule has 1 aromatic heterocycles. The second kappa shape index (κ2) is 5.80. The summed E-state index contributed by atoms with van der Waals surface area (Å²) in [6, 6.07) is 14.9. The van der Waals surface area contributed by atoms with E-state index in [-0.39, 0.29) is 5.82 Å². The monoisotopic (exact) mass is 305 g/mol. The van der Waals surface area contributed by atoms with E-state index in [2.05, 4.69) is 39.1 Å². The zero-order valence-electron chi connectivity index (χ0n) is 12.6. The van der Waals surface area contributed by atoms with Gasteiger partial charge in [-0.05, 0) is 35.2 Å². The fourth-order valence-corrected chi connectivity index (χ4v) is 2.94. The summed E-state index contributed by atoms with van der Waals surface area (Å²) in [7, 11) is 0. The highest BCUT2D eigenvalue weighted by Crippen LogP contribution is 2.23. The fourth-order valence-electron chi connectivity index (χ4n) is 2.94. The van der Waals surface area contributed by atoms with Crippen LogP contribution >= 0.6 is 0 Å². The van der Waals surface area contributed by atoms with Gasteiger partial charge in [0, 0.05) is 31.0 Å². The van der Waals surface area contributed by atoms with Crippen molar-refractivity contribution >= 4 is 5.95 Å². The molecule has 0 radical (unpaired) electrons. The molecule has 2 heterocycles. The highest BCUT2D eigenvalue weighted by Gasteiger charge is 2.17. The van der Waals surface area contributed by atoms with Crippen molar-refractivity contribution in [2.45, 2.75) is 13.0 Å². The number of hydrogen-bond acceptors (Lipinski definition) is 3. The Morgan fingerprint density at radius 3 is 2.26 bits per heavy atom. The van der Waals surface area contributed by atoms with Gasteiger partial charge in [0.1, 0.15) is 5.82 Å². The lowest BCUT2D eigenvalue weighted by molar-refractivity contribution is 0.628. The molecule has 1 aliphatic heterocycles. The summed E-state index contributed by atoms with van der Waals surface area (Å²) in [5, 5.41) is 0. The van der Waals surface area contributed by atoms with Gasteiger partial charge < -0.3 is 4.90 Å². The van der Waals surface area contributed by atoms with Gasteiger partial charge in [-0.3, -0.25) is 0 Å². The highest BCUT2D eigenvalue weighted by atomic mass is 19.1. The van der Waals surface area contributed by atoms with Crippen molar-refractivity contribution in [1.82, 2.24) is 9.97 Å². The van der Waals surface area contributed by atoms with Crippen molar-refractivity contribution in [3.63, 3.8) is 0 Å². The Balaban J connectivity index is 1.56. The Hall–Kier alpha value is -2.75. The van der Waals surface area contributed by atoms with Gasteiger partial charge in [-0.25, -0.2) is 14.4 Å². The summed E-state index contributed by atoms with van der Waals surface area (Å²) in [6.07, 6.45) is 4.62. The van der Waals surface area contributed by atoms with Crippen molar-refractivity contribution in [1.29, 1.82) is 0 Å². The molecule has 0 aliphatic carbocycles. The third-order valence-electron chi connectivity index (χ3n) is 4.23. The predicted octanol–water partition coefficient (Wildman–Crippen LogP) is 3.85. The number of aromatic nitrogens is 2. The lowest BCUT2D eigenvalue weighted by atomic mass is 10.0. The van der Waals surface area contributed by atoms with Crippen LogP contribution in [0.4, 0.5) is 10.3 Å². The number of rotatable bonds is 2. The quantitative estimate of drug-likeness (QED) is 0.720. The number of hydrogen-bond donors (Lipinski definition) is 0. The van der Waals surface area contributed by atoms with Gasteiger partial charge >= 0.3 is 0 Å². The van der Waals surface area contributed by atoms with Crippen LogP contribution in [0, 0.1) is 5.82 Å². The first-order valence-electron chi connectivity index (χ1n) is 7.69. The summed E-state index contributed by atoms with van der Waals surface area (Å²) >= 11 is 0. The molecule has 0 spiro atoms. The standard InChI is InChI=1S/C19H16FN3/c20-18-7-5-15(6-8-18)17-11-21-19(22-12-17)23-10-9-14-3-1-2-4-16(14)13-23/h1-8,11-12H,9-10,13H2. The number of halogens is 1. The maximum atomic E-state index is 13.0. The van der Waals surface area contributed by atoms with Gasteiger partial charge in [0.2, 0.25) is 5.95 Å². The average molecular weight is 305 g/mol. The average Bonchev–Trinajstić information content (AvgIpc) is 2.62. The molecule has 0 saturated heterocycles. The largest absolute Gasteiger partial charge is 0.336 e. The van der Waals surface area contributed by atoms with Crippen molar-refractivity contribution in [2.24, 2.45) is 0 Å². The van der Waals surface area contributed by atoms with E-state index in [9.17, 15) is 4.39 Å². The molecule has 4 heteroatoms. The van der Waals surface area contributed by atoms with Crippen LogP contribution in [0.2, 0.25) is 0 Å². The van der Waals surface area contributed by atoms with Crippen molar-refractivity contribution in [3.8, 4) is 11.1 Å². The summed E-state index contributed by atoms with van der Waals surface area (Å²) in [6.45, 7) is 1.76. The molecule has 3 aromatic rings. The number of nitrogens with zero attached hydrogens (tertiary/aromatic N) is 3. The highest BCUT2D eigenvalue weighted by molar-refractivity contribution is 5.62. The van der Waals surface area contributed by atoms with E-state index in [1.807, 2.05) is 0 Å². The minimum Gasteiger partial charge on any atom is -0.336 e. The smallest absolute Gasteiger partial charge is 0.225 e. The molecule has 0 unspecified atom stereocenters. The summed E-state index contributed by atoms with van der Waals surface area (Å²) in [4.78, 5) is 11.2. The SMILES string of the molecule is Fc1ccc(-c2cnc(N3CCc4ccccc4C3)nc2)cc1. The molecule has 0 amide bonds. The third-order valence-corrected chi connectivity index (χ3v) is 4.23. The molecule has 4 rings (SSSR count). The van der Waals surface area contributed by atoms with Crippen LogP contribution in [0.5, 0.6) is 0 Å². The molecule has 2 aromatic carbocycles. The van der Waals surface area contributed by atoms with Gasteiger partial charge in [0.25, 0.3) is 0 Å². The van der Waals surface area contributed by atoms with Crippen LogP contribution < -0.4 is 4.90 Å². The lowest BCUT2D eigenvalue weighted by Gasteiger charge is -2.28. The molecule has 0 atom stereocenters. The van der Waals surface area contributed by atoms with Crippen molar-refractivity contribution in [2.75, 3.05) is 11.4 Å². The molecule has 1 aliphatic rings. The molecule has 114 valence electrons. The van der Waals surface area contributed by atoms with E-state index < -0.39 is 0 Å². The van der Waals surface area contributed by atoms with E-state index in [0.29, 0.717) is 0 Å². The van der Waals surface area contributed by atoms with E-state index >= 15 is 0 Å². The summed E-state index contributed by atoms with van der Waals surface area (Å²) in [5.41, 5.74) is 4.56. The van der Waals surface area contributed by atoms with Gasteiger partial charge in [0.05, 0.1) is 0 Å². The molecule has 0 saturated carbocycles. The second-order valence-corrected chi connectivity index (χ2v) is 5.72. The fraction of sp³-hybridized carbons (Fsp3) is 0.158. The van der Waals surface area contributed by atoms with E-state index in [1.165, 1.54) is 23.3 Å². The molecule has 0 N–H and O–H groups in total. The number of benzene rings is 2. The number of fused-ring (bicyclic) bond motifs is 1. The van der Waals surface area contributed by atoms with E-state index in [1.54, 1.807) is 24.5 Å². The Morgan fingerprint density at radius 2 is 1.52 bits per heavy atom. The Labute approximate surface area is 134 Å². The first-order chi connectivity index (χ1) is 11.3. The summed E-state index contributed by atoms with van der Waals surface area (Å²) < 4.78 is 13.0. The Kier molecular flexibility index (Phi) is 3.50. The van der Waals surface area contributed by atoms with Gasteiger partial charge in [-0.2, -0.15) is 0 Å². The topological polar surface area (TPSA) is 29.0 Å². The maximum Gasteiger partial charge on any atom is 0.225 e. The van der Waals surface area contributed by atoms with Crippen LogP contribution in [-0.4, -0.2) is 16.5 Å². The van der Waals surface area contributed by atoms with Gasteiger partial charge in [-0.15, -0.1) is 0 Å². The van der Waals surface area contributed by atoms with Gasteiger partial charge in [0.15, 0.2) is 0 Å². The van der Waals surface area contributed by atoms with Gasteiger partial charge in [-0.1, -0.05) is 36.4 Å². The molecular weight excluding hydrogens is 289 g/mol.